The second-order valence-electron chi connectivity index (χ2n) is 5.24. The zero-order valence-electron chi connectivity index (χ0n) is 13.9. The van der Waals surface area contributed by atoms with Crippen LogP contribution in [0.25, 0.3) is 0 Å². The van der Waals surface area contributed by atoms with E-state index in [0.29, 0.717) is 19.1 Å². The van der Waals surface area contributed by atoms with Crippen molar-refractivity contribution in [3.8, 4) is 5.75 Å². The average molecular weight is 440 g/mol. The van der Waals surface area contributed by atoms with Crippen molar-refractivity contribution < 1.29 is 4.74 Å². The fourth-order valence-corrected chi connectivity index (χ4v) is 2.00. The molecule has 3 N–H and O–H groups in total. The summed E-state index contributed by atoms with van der Waals surface area (Å²) < 4.78 is 5.76. The molecule has 0 saturated heterocycles. The highest BCUT2D eigenvalue weighted by Gasteiger charge is 1.99. The Bertz CT molecular complexity index is 619. The number of benzene rings is 1. The van der Waals surface area contributed by atoms with Crippen LogP contribution in [0, 0.1) is 0 Å². The zero-order valence-corrected chi connectivity index (χ0v) is 16.3. The van der Waals surface area contributed by atoms with Crippen molar-refractivity contribution in [2.75, 3.05) is 6.54 Å². The van der Waals surface area contributed by atoms with Crippen LogP contribution in [0.3, 0.4) is 0 Å². The molecule has 0 fully saturated rings. The number of ether oxygens (including phenoxy) is 1. The van der Waals surface area contributed by atoms with Crippen LogP contribution in [-0.4, -0.2) is 17.5 Å². The number of halogens is 1. The number of aromatic nitrogens is 1. The van der Waals surface area contributed by atoms with Gasteiger partial charge in [0.05, 0.1) is 12.2 Å². The Morgan fingerprint density at radius 2 is 2.12 bits per heavy atom. The number of guanidine groups is 1. The summed E-state index contributed by atoms with van der Waals surface area (Å²) in [4.78, 5) is 8.58. The van der Waals surface area contributed by atoms with Gasteiger partial charge in [0.2, 0.25) is 0 Å². The number of nitrogens with two attached hydrogens (primary N) is 1. The van der Waals surface area contributed by atoms with Gasteiger partial charge in [0.25, 0.3) is 0 Å². The molecule has 6 heteroatoms. The van der Waals surface area contributed by atoms with Crippen LogP contribution in [0.5, 0.6) is 5.75 Å². The molecule has 0 saturated carbocycles. The topological polar surface area (TPSA) is 72.5 Å². The van der Waals surface area contributed by atoms with Gasteiger partial charge in [-0.3, -0.25) is 4.98 Å². The predicted molar refractivity (Wildman–Crippen MR) is 109 cm³/mol. The van der Waals surface area contributed by atoms with E-state index in [1.807, 2.05) is 42.5 Å². The van der Waals surface area contributed by atoms with Gasteiger partial charge in [-0.15, -0.1) is 24.0 Å². The van der Waals surface area contributed by atoms with E-state index in [9.17, 15) is 0 Å². The van der Waals surface area contributed by atoms with E-state index in [4.69, 9.17) is 10.5 Å². The third kappa shape index (κ3) is 7.63. The molecule has 0 aliphatic carbocycles. The average Bonchev–Trinajstić information content (AvgIpc) is 2.60. The summed E-state index contributed by atoms with van der Waals surface area (Å²) in [5.41, 5.74) is 7.80. The molecule has 1 heterocycles. The first-order chi connectivity index (χ1) is 11.3. The fraction of sp³-hybridized carbons (Fsp3) is 0.333. The molecule has 0 bridgehead atoms. The number of pyridine rings is 1. The van der Waals surface area contributed by atoms with Gasteiger partial charge in [-0.1, -0.05) is 31.5 Å². The minimum atomic E-state index is 0. The molecule has 5 nitrogen and oxygen atoms in total. The second-order valence-corrected chi connectivity index (χ2v) is 5.24. The largest absolute Gasteiger partial charge is 0.487 e. The first-order valence-electron chi connectivity index (χ1n) is 7.93. The van der Waals surface area contributed by atoms with Gasteiger partial charge in [0, 0.05) is 12.7 Å². The summed E-state index contributed by atoms with van der Waals surface area (Å²) in [6.45, 7) is 3.99. The molecule has 1 aromatic carbocycles. The van der Waals surface area contributed by atoms with Crippen LogP contribution >= 0.6 is 24.0 Å². The summed E-state index contributed by atoms with van der Waals surface area (Å²) in [6.07, 6.45) is 3.99. The molecular weight excluding hydrogens is 415 g/mol. The van der Waals surface area contributed by atoms with Gasteiger partial charge < -0.3 is 15.8 Å². The standard InChI is InChI=1S/C18H24N4O.HI/c1-2-3-10-21-18(19)22-13-15-7-6-9-17(12-15)23-14-16-8-4-5-11-20-16;/h4-9,11-12H,2-3,10,13-14H2,1H3,(H3,19,21,22);1H. The Balaban J connectivity index is 0.00000288. The molecule has 0 spiro atoms. The molecule has 0 atom stereocenters. The summed E-state index contributed by atoms with van der Waals surface area (Å²) >= 11 is 0. The third-order valence-corrected chi connectivity index (χ3v) is 3.28. The van der Waals surface area contributed by atoms with Crippen molar-refractivity contribution >= 4 is 29.9 Å². The summed E-state index contributed by atoms with van der Waals surface area (Å²) in [5.74, 6) is 1.29. The smallest absolute Gasteiger partial charge is 0.188 e. The van der Waals surface area contributed by atoms with E-state index in [2.05, 4.69) is 22.2 Å². The van der Waals surface area contributed by atoms with Crippen LogP contribution < -0.4 is 15.8 Å². The zero-order chi connectivity index (χ0) is 16.3. The Hall–Kier alpha value is -1.83. The Kier molecular flexibility index (Phi) is 9.83. The Labute approximate surface area is 160 Å². The first-order valence-corrected chi connectivity index (χ1v) is 7.93. The van der Waals surface area contributed by atoms with E-state index in [-0.39, 0.29) is 24.0 Å². The first kappa shape index (κ1) is 20.2. The van der Waals surface area contributed by atoms with E-state index >= 15 is 0 Å². The number of nitrogens with zero attached hydrogens (tertiary/aromatic N) is 2. The molecule has 0 unspecified atom stereocenters. The lowest BCUT2D eigenvalue weighted by Gasteiger charge is -2.07. The van der Waals surface area contributed by atoms with Crippen molar-refractivity contribution in [1.82, 2.24) is 10.3 Å². The number of aliphatic imine (C=N–C) groups is 1. The normalized spacial score (nSPS) is 10.8. The van der Waals surface area contributed by atoms with Crippen molar-refractivity contribution in [1.29, 1.82) is 0 Å². The van der Waals surface area contributed by atoms with Gasteiger partial charge in [-0.2, -0.15) is 0 Å². The van der Waals surface area contributed by atoms with Crippen LogP contribution in [0.4, 0.5) is 0 Å². The van der Waals surface area contributed by atoms with Crippen LogP contribution in [-0.2, 0) is 13.2 Å². The third-order valence-electron chi connectivity index (χ3n) is 3.28. The second kappa shape index (κ2) is 11.7. The predicted octanol–water partition coefficient (Wildman–Crippen LogP) is 3.48. The van der Waals surface area contributed by atoms with Gasteiger partial charge >= 0.3 is 0 Å². The quantitative estimate of drug-likeness (QED) is 0.285. The van der Waals surface area contributed by atoms with Gasteiger partial charge in [0.1, 0.15) is 12.4 Å². The number of nitrogens with one attached hydrogen (secondary N) is 1. The molecule has 0 aliphatic heterocycles. The number of hydrogen-bond acceptors (Lipinski definition) is 3. The molecule has 2 rings (SSSR count). The molecule has 2 aromatic rings. The number of hydrogen-bond donors (Lipinski definition) is 2. The minimum Gasteiger partial charge on any atom is -0.487 e. The maximum absolute atomic E-state index is 5.83. The SMILES string of the molecule is CCCCNC(N)=NCc1cccc(OCc2ccccn2)c1.I. The van der Waals surface area contributed by atoms with E-state index in [1.165, 1.54) is 0 Å². The fourth-order valence-electron chi connectivity index (χ4n) is 2.00. The van der Waals surface area contributed by atoms with Crippen molar-refractivity contribution in [3.63, 3.8) is 0 Å². The number of rotatable bonds is 8. The lowest BCUT2D eigenvalue weighted by atomic mass is 10.2. The maximum atomic E-state index is 5.83. The summed E-state index contributed by atoms with van der Waals surface area (Å²) in [6, 6.07) is 13.7. The van der Waals surface area contributed by atoms with Crippen molar-refractivity contribution in [3.05, 3.63) is 59.9 Å². The lowest BCUT2D eigenvalue weighted by molar-refractivity contribution is 0.301. The van der Waals surface area contributed by atoms with Gasteiger partial charge in [0.15, 0.2) is 5.96 Å². The Morgan fingerprint density at radius 1 is 1.25 bits per heavy atom. The maximum Gasteiger partial charge on any atom is 0.188 e. The van der Waals surface area contributed by atoms with Gasteiger partial charge in [-0.25, -0.2) is 4.99 Å². The molecule has 130 valence electrons. The number of unbranched alkanes of at least 4 members (excludes halogenated alkanes) is 1. The highest BCUT2D eigenvalue weighted by atomic mass is 127. The highest BCUT2D eigenvalue weighted by molar-refractivity contribution is 14.0. The highest BCUT2D eigenvalue weighted by Crippen LogP contribution is 2.15. The molecule has 1 aromatic heterocycles. The minimum absolute atomic E-state index is 0. The van der Waals surface area contributed by atoms with E-state index in [0.717, 1.165) is 36.4 Å². The lowest BCUT2D eigenvalue weighted by Crippen LogP contribution is -2.32. The van der Waals surface area contributed by atoms with Crippen LogP contribution in [0.15, 0.2) is 53.7 Å². The van der Waals surface area contributed by atoms with E-state index < -0.39 is 0 Å². The van der Waals surface area contributed by atoms with Crippen molar-refractivity contribution in [2.45, 2.75) is 32.9 Å². The molecule has 24 heavy (non-hydrogen) atoms. The van der Waals surface area contributed by atoms with Crippen LogP contribution in [0.1, 0.15) is 31.0 Å². The molecule has 0 aliphatic rings. The summed E-state index contributed by atoms with van der Waals surface area (Å²) in [5, 5.41) is 3.10. The van der Waals surface area contributed by atoms with Gasteiger partial charge in [-0.05, 0) is 36.2 Å². The molecule has 0 radical (unpaired) electrons. The summed E-state index contributed by atoms with van der Waals surface area (Å²) in [7, 11) is 0. The monoisotopic (exact) mass is 440 g/mol. The van der Waals surface area contributed by atoms with Crippen LogP contribution in [0.2, 0.25) is 0 Å². The van der Waals surface area contributed by atoms with Crippen molar-refractivity contribution in [2.24, 2.45) is 10.7 Å². The molecule has 0 amide bonds. The molecular formula is C18H25IN4O. The van der Waals surface area contributed by atoms with E-state index in [1.54, 1.807) is 6.20 Å². The Morgan fingerprint density at radius 3 is 2.88 bits per heavy atom.